The first-order valence-corrected chi connectivity index (χ1v) is 5.53. The van der Waals surface area contributed by atoms with Gasteiger partial charge in [0.15, 0.2) is 12.4 Å². The maximum absolute atomic E-state index is 11.6. The predicted molar refractivity (Wildman–Crippen MR) is 71.5 cm³/mol. The molecule has 0 unspecified atom stereocenters. The van der Waals surface area contributed by atoms with E-state index in [2.05, 4.69) is 10.7 Å². The third-order valence-electron chi connectivity index (χ3n) is 2.28. The maximum Gasteiger partial charge on any atom is 0.342 e. The second-order valence-corrected chi connectivity index (χ2v) is 3.75. The van der Waals surface area contributed by atoms with Gasteiger partial charge in [0.25, 0.3) is 5.69 Å². The van der Waals surface area contributed by atoms with Gasteiger partial charge in [0.2, 0.25) is 0 Å². The van der Waals surface area contributed by atoms with E-state index in [1.54, 1.807) is 0 Å². The van der Waals surface area contributed by atoms with Crippen molar-refractivity contribution in [3.63, 3.8) is 0 Å². The lowest BCUT2D eigenvalue weighted by Crippen LogP contribution is -2.13. The lowest BCUT2D eigenvalue weighted by molar-refractivity contribution is -0.384. The van der Waals surface area contributed by atoms with Crippen LogP contribution in [0.5, 0.6) is 0 Å². The topological polar surface area (TPSA) is 86.5 Å². The fraction of sp³-hybridized carbons (Fsp3) is 0.143. The van der Waals surface area contributed by atoms with Gasteiger partial charge in [-0.25, -0.2) is 4.79 Å². The van der Waals surface area contributed by atoms with Crippen LogP contribution in [0.3, 0.4) is 0 Å². The number of hydrogen-bond donors (Lipinski definition) is 0. The van der Waals surface area contributed by atoms with Crippen molar-refractivity contribution in [1.82, 2.24) is 0 Å². The second-order valence-electron chi connectivity index (χ2n) is 3.75. The Labute approximate surface area is 115 Å². The van der Waals surface area contributed by atoms with E-state index in [-0.39, 0.29) is 17.9 Å². The molecule has 0 spiro atoms. The normalized spacial score (nSPS) is 10.5. The Morgan fingerprint density at radius 1 is 1.50 bits per heavy atom. The molecule has 0 amide bonds. The van der Waals surface area contributed by atoms with E-state index in [9.17, 15) is 19.7 Å². The number of nitro groups is 1. The van der Waals surface area contributed by atoms with Crippen LogP contribution in [0.15, 0.2) is 29.8 Å². The molecule has 0 saturated carbocycles. The molecule has 1 aromatic rings. The number of benzene rings is 1. The molecule has 0 atom stereocenters. The Morgan fingerprint density at radius 2 is 2.20 bits per heavy atom. The van der Waals surface area contributed by atoms with Crippen LogP contribution >= 0.6 is 0 Å². The molecule has 102 valence electrons. The largest absolute Gasteiger partial charge is 0.449 e. The zero-order valence-corrected chi connectivity index (χ0v) is 10.7. The van der Waals surface area contributed by atoms with E-state index in [1.165, 1.54) is 37.3 Å². The average molecular weight is 273 g/mol. The number of carbonyl (C=O) groups excluding carboxylic acids is 2. The number of hydrogen-bond acceptors (Lipinski definition) is 5. The molecule has 0 fully saturated rings. The summed E-state index contributed by atoms with van der Waals surface area (Å²) in [7, 11) is 0. The van der Waals surface area contributed by atoms with E-state index >= 15 is 0 Å². The summed E-state index contributed by atoms with van der Waals surface area (Å²) in [5.74, 6) is 0.735. The van der Waals surface area contributed by atoms with Crippen LogP contribution in [0.2, 0.25) is 0 Å². The van der Waals surface area contributed by atoms with Gasteiger partial charge >= 0.3 is 5.97 Å². The minimum atomic E-state index is -0.859. The Bertz CT molecular complexity index is 625. The first kappa shape index (κ1) is 15.1. The number of terminal acetylenes is 1. The Morgan fingerprint density at radius 3 is 2.75 bits per heavy atom. The number of non-ortho nitro benzene ring substituents is 1. The molecule has 0 aliphatic heterocycles. The van der Waals surface area contributed by atoms with Gasteiger partial charge in [0.1, 0.15) is 5.57 Å². The second kappa shape index (κ2) is 6.85. The van der Waals surface area contributed by atoms with Gasteiger partial charge in [-0.05, 0) is 18.6 Å². The van der Waals surface area contributed by atoms with Gasteiger partial charge < -0.3 is 4.74 Å². The Hall–Kier alpha value is -2.94. The van der Waals surface area contributed by atoms with Gasteiger partial charge in [-0.2, -0.15) is 0 Å². The van der Waals surface area contributed by atoms with Gasteiger partial charge in [-0.3, -0.25) is 14.9 Å². The predicted octanol–water partition coefficient (Wildman–Crippen LogP) is 1.74. The fourth-order valence-electron chi connectivity index (χ4n) is 1.38. The van der Waals surface area contributed by atoms with Gasteiger partial charge in [-0.15, -0.1) is 6.42 Å². The molecule has 6 heteroatoms. The number of Topliss-reactive ketones (excluding diaryl/α,β-unsaturated/α-hetero) is 1. The monoisotopic (exact) mass is 273 g/mol. The van der Waals surface area contributed by atoms with Crippen molar-refractivity contribution < 1.29 is 19.2 Å². The summed E-state index contributed by atoms with van der Waals surface area (Å²) < 4.78 is 4.67. The smallest absolute Gasteiger partial charge is 0.342 e. The maximum atomic E-state index is 11.6. The quantitative estimate of drug-likeness (QED) is 0.155. The van der Waals surface area contributed by atoms with Gasteiger partial charge in [0, 0.05) is 12.1 Å². The Balaban J connectivity index is 3.12. The molecule has 0 N–H and O–H groups in total. The van der Waals surface area contributed by atoms with E-state index in [4.69, 9.17) is 6.42 Å². The standard InChI is InChI=1S/C14H11NO5/c1-3-7-20-14(17)13(10(2)16)9-11-5-4-6-12(8-11)15(18)19/h1,4-6,8-9H,7H2,2H3/b13-9+. The summed E-state index contributed by atoms with van der Waals surface area (Å²) in [6.45, 7) is 0.943. The van der Waals surface area contributed by atoms with E-state index < -0.39 is 16.7 Å². The van der Waals surface area contributed by atoms with Crippen molar-refractivity contribution >= 4 is 23.5 Å². The fourth-order valence-corrected chi connectivity index (χ4v) is 1.38. The summed E-state index contributed by atoms with van der Waals surface area (Å²) in [6, 6.07) is 5.54. The highest BCUT2D eigenvalue weighted by Crippen LogP contribution is 2.16. The lowest BCUT2D eigenvalue weighted by Gasteiger charge is -2.03. The molecule has 0 aliphatic carbocycles. The van der Waals surface area contributed by atoms with Crippen molar-refractivity contribution in [1.29, 1.82) is 0 Å². The summed E-state index contributed by atoms with van der Waals surface area (Å²) in [5.41, 5.74) is -0.0125. The summed E-state index contributed by atoms with van der Waals surface area (Å²) in [6.07, 6.45) is 6.18. The number of rotatable bonds is 5. The number of ether oxygens (including phenoxy) is 1. The van der Waals surface area contributed by atoms with Crippen molar-refractivity contribution in [3.8, 4) is 12.3 Å². The van der Waals surface area contributed by atoms with Crippen LogP contribution in [-0.2, 0) is 14.3 Å². The highest BCUT2D eigenvalue weighted by Gasteiger charge is 2.16. The number of esters is 1. The first-order chi connectivity index (χ1) is 9.45. The van der Waals surface area contributed by atoms with Crippen molar-refractivity contribution in [2.75, 3.05) is 6.61 Å². The van der Waals surface area contributed by atoms with Gasteiger partial charge in [0.05, 0.1) is 4.92 Å². The van der Waals surface area contributed by atoms with Crippen LogP contribution in [0, 0.1) is 22.5 Å². The molecule has 0 bridgehead atoms. The van der Waals surface area contributed by atoms with E-state index in [0.717, 1.165) is 0 Å². The number of nitrogens with zero attached hydrogens (tertiary/aromatic N) is 1. The summed E-state index contributed by atoms with van der Waals surface area (Å²) >= 11 is 0. The van der Waals surface area contributed by atoms with Crippen LogP contribution < -0.4 is 0 Å². The van der Waals surface area contributed by atoms with Crippen LogP contribution in [0.25, 0.3) is 6.08 Å². The summed E-state index contributed by atoms with van der Waals surface area (Å²) in [5, 5.41) is 10.7. The lowest BCUT2D eigenvalue weighted by atomic mass is 10.1. The zero-order valence-electron chi connectivity index (χ0n) is 10.7. The van der Waals surface area contributed by atoms with Crippen molar-refractivity contribution in [2.24, 2.45) is 0 Å². The highest BCUT2D eigenvalue weighted by atomic mass is 16.6. The van der Waals surface area contributed by atoms with Crippen LogP contribution in [0.4, 0.5) is 5.69 Å². The van der Waals surface area contributed by atoms with Gasteiger partial charge in [-0.1, -0.05) is 18.1 Å². The molecule has 0 radical (unpaired) electrons. The molecule has 0 saturated heterocycles. The number of nitro benzene ring substituents is 1. The van der Waals surface area contributed by atoms with Crippen molar-refractivity contribution in [2.45, 2.75) is 6.92 Å². The molecule has 6 nitrogen and oxygen atoms in total. The minimum absolute atomic E-state index is 0.140. The van der Waals surface area contributed by atoms with Crippen molar-refractivity contribution in [3.05, 3.63) is 45.5 Å². The third kappa shape index (κ3) is 4.07. The highest BCUT2D eigenvalue weighted by molar-refractivity contribution is 6.19. The molecule has 0 aliphatic rings. The van der Waals surface area contributed by atoms with Crippen LogP contribution in [-0.4, -0.2) is 23.3 Å². The molecule has 0 aromatic heterocycles. The molecule has 20 heavy (non-hydrogen) atoms. The van der Waals surface area contributed by atoms with E-state index in [1.807, 2.05) is 0 Å². The summed E-state index contributed by atoms with van der Waals surface area (Å²) in [4.78, 5) is 33.1. The van der Waals surface area contributed by atoms with E-state index in [0.29, 0.717) is 5.56 Å². The number of ketones is 1. The SMILES string of the molecule is C#CCOC(=O)/C(=C/c1cccc([N+](=O)[O-])c1)C(C)=O. The molecule has 1 rings (SSSR count). The van der Waals surface area contributed by atoms with Crippen LogP contribution in [0.1, 0.15) is 12.5 Å². The minimum Gasteiger partial charge on any atom is -0.449 e. The molecular weight excluding hydrogens is 262 g/mol. The third-order valence-corrected chi connectivity index (χ3v) is 2.28. The Kier molecular flexibility index (Phi) is 5.18. The average Bonchev–Trinajstić information content (AvgIpc) is 2.42. The molecular formula is C14H11NO5. The first-order valence-electron chi connectivity index (χ1n) is 5.53. The molecule has 0 heterocycles. The molecule has 1 aromatic carbocycles. The zero-order chi connectivity index (χ0) is 15.1. The number of carbonyl (C=O) groups is 2.